The zero-order valence-corrected chi connectivity index (χ0v) is 17.5. The smallest absolute Gasteiger partial charge is 0.255 e. The first-order valence-electron chi connectivity index (χ1n) is 9.59. The van der Waals surface area contributed by atoms with Crippen molar-refractivity contribution >= 4 is 15.9 Å². The number of likely N-dealkylation sites (N-methyl/N-ethyl adjacent to an activating group) is 1. The number of likely N-dealkylation sites (tertiary alicyclic amines) is 1. The fourth-order valence-electron chi connectivity index (χ4n) is 3.59. The Morgan fingerprint density at radius 3 is 2.59 bits per heavy atom. The first-order chi connectivity index (χ1) is 12.9. The Balaban J connectivity index is 2.23. The summed E-state index contributed by atoms with van der Waals surface area (Å²) in [6.07, 6.45) is 2.19. The van der Waals surface area contributed by atoms with Crippen LogP contribution in [-0.4, -0.2) is 69.4 Å². The summed E-state index contributed by atoms with van der Waals surface area (Å²) in [7, 11) is -2.16. The average Bonchev–Trinajstić information content (AvgIpc) is 3.13. The summed E-state index contributed by atoms with van der Waals surface area (Å²) in [5.41, 5.74) is 0.242. The number of ether oxygens (including phenoxy) is 1. The summed E-state index contributed by atoms with van der Waals surface area (Å²) in [6, 6.07) is 4.76. The molecule has 1 atom stereocenters. The Hall–Kier alpha value is -1.64. The number of hydrogen-bond acceptors (Lipinski definition) is 5. The highest BCUT2D eigenvalue weighted by molar-refractivity contribution is 7.89. The maximum atomic E-state index is 12.8. The third-order valence-electron chi connectivity index (χ3n) is 5.16. The molecule has 0 saturated carbocycles. The van der Waals surface area contributed by atoms with Crippen LogP contribution in [0.3, 0.4) is 0 Å². The van der Waals surface area contributed by atoms with Crippen LogP contribution in [0.5, 0.6) is 5.75 Å². The lowest BCUT2D eigenvalue weighted by Gasteiger charge is -2.23. The van der Waals surface area contributed by atoms with Gasteiger partial charge in [0.15, 0.2) is 0 Å². The van der Waals surface area contributed by atoms with E-state index in [4.69, 9.17) is 4.74 Å². The first kappa shape index (κ1) is 21.7. The van der Waals surface area contributed by atoms with Gasteiger partial charge in [0, 0.05) is 25.7 Å². The number of benzene rings is 1. The average molecular weight is 398 g/mol. The fraction of sp³-hybridized carbons (Fsp3) is 0.632. The molecule has 1 saturated heterocycles. The molecule has 1 N–H and O–H groups in total. The van der Waals surface area contributed by atoms with Gasteiger partial charge in [0.2, 0.25) is 10.0 Å². The van der Waals surface area contributed by atoms with Crippen molar-refractivity contribution in [3.8, 4) is 5.75 Å². The quantitative estimate of drug-likeness (QED) is 0.689. The molecule has 0 spiro atoms. The predicted octanol–water partition coefficient (Wildman–Crippen LogP) is 1.94. The zero-order chi connectivity index (χ0) is 20.0. The topological polar surface area (TPSA) is 79.0 Å². The Morgan fingerprint density at radius 1 is 1.30 bits per heavy atom. The molecule has 1 fully saturated rings. The van der Waals surface area contributed by atoms with E-state index in [1.807, 2.05) is 0 Å². The van der Waals surface area contributed by atoms with Gasteiger partial charge in [0.05, 0.1) is 17.6 Å². The summed E-state index contributed by atoms with van der Waals surface area (Å²) in [4.78, 5) is 15.2. The van der Waals surface area contributed by atoms with Crippen molar-refractivity contribution in [1.29, 1.82) is 0 Å². The molecule has 152 valence electrons. The second-order valence-corrected chi connectivity index (χ2v) is 8.52. The number of nitrogens with zero attached hydrogens (tertiary/aromatic N) is 2. The van der Waals surface area contributed by atoms with Crippen LogP contribution in [0.2, 0.25) is 0 Å². The number of methoxy groups -OCH3 is 1. The van der Waals surface area contributed by atoms with Crippen molar-refractivity contribution in [1.82, 2.24) is 14.5 Å². The molecule has 0 aromatic heterocycles. The highest BCUT2D eigenvalue weighted by Gasteiger charge is 2.26. The summed E-state index contributed by atoms with van der Waals surface area (Å²) in [6.45, 7) is 9.01. The van der Waals surface area contributed by atoms with Crippen LogP contribution in [0.1, 0.15) is 44.0 Å². The number of hydrogen-bond donors (Lipinski definition) is 1. The van der Waals surface area contributed by atoms with Crippen LogP contribution < -0.4 is 10.1 Å². The van der Waals surface area contributed by atoms with E-state index < -0.39 is 10.0 Å². The minimum absolute atomic E-state index is 0.105. The van der Waals surface area contributed by atoms with Gasteiger partial charge in [0.25, 0.3) is 5.91 Å². The van der Waals surface area contributed by atoms with Gasteiger partial charge in [-0.3, -0.25) is 9.69 Å². The molecule has 8 heteroatoms. The normalized spacial score (nSPS) is 18.0. The lowest BCUT2D eigenvalue weighted by Crippen LogP contribution is -2.40. The van der Waals surface area contributed by atoms with E-state index in [0.29, 0.717) is 31.4 Å². The Morgan fingerprint density at radius 2 is 2.00 bits per heavy atom. The van der Waals surface area contributed by atoms with Crippen LogP contribution >= 0.6 is 0 Å². The molecule has 7 nitrogen and oxygen atoms in total. The summed E-state index contributed by atoms with van der Waals surface area (Å²) in [5, 5.41) is 2.95. The monoisotopic (exact) mass is 397 g/mol. The molecule has 1 heterocycles. The number of carbonyl (C=O) groups excluding carboxylic acids is 1. The molecule has 0 bridgehead atoms. The number of carbonyl (C=O) groups is 1. The second-order valence-electron chi connectivity index (χ2n) is 6.59. The molecule has 1 unspecified atom stereocenters. The third-order valence-corrected chi connectivity index (χ3v) is 7.21. The summed E-state index contributed by atoms with van der Waals surface area (Å²) < 4.78 is 32.2. The van der Waals surface area contributed by atoms with Crippen LogP contribution in [0.4, 0.5) is 0 Å². The Labute approximate surface area is 162 Å². The number of nitrogens with one attached hydrogen (secondary N) is 1. The molecule has 27 heavy (non-hydrogen) atoms. The SMILES string of the molecule is CCN1CCCC1CNC(=O)c1cc(S(=O)(=O)N(CC)CC)ccc1OC. The molecule has 1 aliphatic rings. The van der Waals surface area contributed by atoms with Crippen LogP contribution in [0, 0.1) is 0 Å². The van der Waals surface area contributed by atoms with Crippen molar-refractivity contribution in [2.24, 2.45) is 0 Å². The fourth-order valence-corrected chi connectivity index (χ4v) is 5.07. The van der Waals surface area contributed by atoms with Crippen molar-refractivity contribution in [3.63, 3.8) is 0 Å². The Kier molecular flexibility index (Phi) is 7.64. The van der Waals surface area contributed by atoms with Gasteiger partial charge in [-0.25, -0.2) is 8.42 Å². The minimum Gasteiger partial charge on any atom is -0.496 e. The van der Waals surface area contributed by atoms with Crippen LogP contribution in [0.15, 0.2) is 23.1 Å². The van der Waals surface area contributed by atoms with Gasteiger partial charge in [-0.2, -0.15) is 4.31 Å². The molecule has 1 aromatic carbocycles. The van der Waals surface area contributed by atoms with Crippen molar-refractivity contribution < 1.29 is 17.9 Å². The van der Waals surface area contributed by atoms with Gasteiger partial charge in [-0.05, 0) is 44.1 Å². The Bertz CT molecular complexity index is 747. The highest BCUT2D eigenvalue weighted by Crippen LogP contribution is 2.25. The molecule has 0 radical (unpaired) electrons. The van der Waals surface area contributed by atoms with E-state index in [2.05, 4.69) is 17.1 Å². The van der Waals surface area contributed by atoms with E-state index in [0.717, 1.165) is 25.9 Å². The van der Waals surface area contributed by atoms with Gasteiger partial charge in [0.1, 0.15) is 5.75 Å². The van der Waals surface area contributed by atoms with Gasteiger partial charge >= 0.3 is 0 Å². The summed E-state index contributed by atoms with van der Waals surface area (Å²) in [5.74, 6) is 0.0520. The van der Waals surface area contributed by atoms with Gasteiger partial charge in [-0.1, -0.05) is 20.8 Å². The molecule has 2 rings (SSSR count). The van der Waals surface area contributed by atoms with E-state index in [1.54, 1.807) is 19.9 Å². The standard InChI is InChI=1S/C19H31N3O4S/c1-5-21-12-8-9-15(21)14-20-19(23)17-13-16(10-11-18(17)26-4)27(24,25)22(6-2)7-3/h10-11,13,15H,5-9,12,14H2,1-4H3,(H,20,23). The minimum atomic E-state index is -3.64. The largest absolute Gasteiger partial charge is 0.496 e. The number of amides is 1. The lowest BCUT2D eigenvalue weighted by molar-refractivity contribution is 0.0938. The molecule has 1 aromatic rings. The lowest BCUT2D eigenvalue weighted by atomic mass is 10.1. The molecule has 0 aliphatic carbocycles. The van der Waals surface area contributed by atoms with E-state index in [1.165, 1.54) is 23.5 Å². The van der Waals surface area contributed by atoms with Crippen molar-refractivity contribution in [2.75, 3.05) is 39.8 Å². The predicted molar refractivity (Wildman–Crippen MR) is 106 cm³/mol. The van der Waals surface area contributed by atoms with Gasteiger partial charge in [-0.15, -0.1) is 0 Å². The van der Waals surface area contributed by atoms with Gasteiger partial charge < -0.3 is 10.1 Å². The molecule has 1 aliphatic heterocycles. The second kappa shape index (κ2) is 9.52. The maximum Gasteiger partial charge on any atom is 0.255 e. The van der Waals surface area contributed by atoms with Crippen LogP contribution in [0.25, 0.3) is 0 Å². The zero-order valence-electron chi connectivity index (χ0n) is 16.7. The molecular weight excluding hydrogens is 366 g/mol. The third kappa shape index (κ3) is 4.80. The van der Waals surface area contributed by atoms with Crippen molar-refractivity contribution in [3.05, 3.63) is 23.8 Å². The van der Waals surface area contributed by atoms with Crippen LogP contribution in [-0.2, 0) is 10.0 Å². The first-order valence-corrected chi connectivity index (χ1v) is 11.0. The van der Waals surface area contributed by atoms with Crippen molar-refractivity contribution in [2.45, 2.75) is 44.6 Å². The number of rotatable bonds is 9. The van der Waals surface area contributed by atoms with E-state index >= 15 is 0 Å². The molecule has 1 amide bonds. The maximum absolute atomic E-state index is 12.8. The highest BCUT2D eigenvalue weighted by atomic mass is 32.2. The summed E-state index contributed by atoms with van der Waals surface area (Å²) >= 11 is 0. The molecular formula is C19H31N3O4S. The van der Waals surface area contributed by atoms with E-state index in [9.17, 15) is 13.2 Å². The van der Waals surface area contributed by atoms with E-state index in [-0.39, 0.29) is 16.4 Å². The number of sulfonamides is 1.